The van der Waals surface area contributed by atoms with Crippen LogP contribution in [0.5, 0.6) is 5.75 Å². The zero-order valence-corrected chi connectivity index (χ0v) is 17.0. The van der Waals surface area contributed by atoms with Gasteiger partial charge in [0.2, 0.25) is 0 Å². The number of aryl methyl sites for hydroxylation is 1. The van der Waals surface area contributed by atoms with Gasteiger partial charge in [-0.1, -0.05) is 73.2 Å². The Morgan fingerprint density at radius 3 is 2.15 bits per heavy atom. The number of thiocarbonyl (C=S) groups is 1. The van der Waals surface area contributed by atoms with E-state index in [1.165, 1.54) is 5.56 Å². The molecule has 0 radical (unpaired) electrons. The standard InChI is InChI=1S/C15H16O2.C8H9NS/c1-10(11(2)16)12-4-5-14-9-15(17-3)7-6-13(14)8-12;1-6-2-4-7(5-3-6)8(9)10/h4-10H,1-3H3;2-5H,1H3,(H2,9,10). The number of ether oxygens (including phenoxy) is 1. The highest BCUT2D eigenvalue weighted by molar-refractivity contribution is 7.80. The molecule has 0 aliphatic rings. The largest absolute Gasteiger partial charge is 0.497 e. The topological polar surface area (TPSA) is 52.3 Å². The Bertz CT molecular complexity index is 948. The molecule has 4 heteroatoms. The van der Waals surface area contributed by atoms with E-state index < -0.39 is 0 Å². The number of methoxy groups -OCH3 is 1. The number of carbonyl (C=O) groups is 1. The average Bonchev–Trinajstić information content (AvgIpc) is 2.67. The summed E-state index contributed by atoms with van der Waals surface area (Å²) >= 11 is 4.78. The van der Waals surface area contributed by atoms with Crippen molar-refractivity contribution < 1.29 is 9.53 Å². The molecule has 0 amide bonds. The van der Waals surface area contributed by atoms with Crippen molar-refractivity contribution in [2.75, 3.05) is 7.11 Å². The number of hydrogen-bond donors (Lipinski definition) is 1. The van der Waals surface area contributed by atoms with Gasteiger partial charge in [0.15, 0.2) is 0 Å². The molecular formula is C23H25NO2S. The molecule has 0 saturated heterocycles. The predicted molar refractivity (Wildman–Crippen MR) is 117 cm³/mol. The van der Waals surface area contributed by atoms with E-state index in [1.807, 2.05) is 68.4 Å². The van der Waals surface area contributed by atoms with Crippen molar-refractivity contribution in [3.63, 3.8) is 0 Å². The van der Waals surface area contributed by atoms with Crippen LogP contribution in [0.3, 0.4) is 0 Å². The van der Waals surface area contributed by atoms with Gasteiger partial charge in [-0.15, -0.1) is 0 Å². The summed E-state index contributed by atoms with van der Waals surface area (Å²) < 4.78 is 5.18. The van der Waals surface area contributed by atoms with Crippen LogP contribution in [-0.4, -0.2) is 17.9 Å². The van der Waals surface area contributed by atoms with E-state index in [-0.39, 0.29) is 11.7 Å². The van der Waals surface area contributed by atoms with E-state index >= 15 is 0 Å². The van der Waals surface area contributed by atoms with Gasteiger partial charge in [0.25, 0.3) is 0 Å². The summed E-state index contributed by atoms with van der Waals surface area (Å²) in [5.41, 5.74) is 8.61. The van der Waals surface area contributed by atoms with Crippen molar-refractivity contribution >= 4 is 33.8 Å². The molecule has 0 aromatic heterocycles. The van der Waals surface area contributed by atoms with Crippen molar-refractivity contribution in [3.05, 3.63) is 77.4 Å². The van der Waals surface area contributed by atoms with Crippen LogP contribution in [0.2, 0.25) is 0 Å². The second kappa shape index (κ2) is 9.28. The number of Topliss-reactive ketones (excluding diaryl/α,β-unsaturated/α-hetero) is 1. The molecule has 0 bridgehead atoms. The van der Waals surface area contributed by atoms with Crippen LogP contribution >= 0.6 is 12.2 Å². The number of ketones is 1. The van der Waals surface area contributed by atoms with Crippen LogP contribution in [0.25, 0.3) is 10.8 Å². The van der Waals surface area contributed by atoms with E-state index in [0.717, 1.165) is 27.6 Å². The van der Waals surface area contributed by atoms with Crippen LogP contribution in [-0.2, 0) is 4.79 Å². The molecule has 0 aliphatic heterocycles. The second-order valence-corrected chi connectivity index (χ2v) is 6.97. The van der Waals surface area contributed by atoms with E-state index in [1.54, 1.807) is 14.0 Å². The van der Waals surface area contributed by atoms with E-state index in [4.69, 9.17) is 22.7 Å². The third kappa shape index (κ3) is 5.63. The summed E-state index contributed by atoms with van der Waals surface area (Å²) in [6.45, 7) is 5.60. The first-order chi connectivity index (χ1) is 12.8. The Balaban J connectivity index is 0.000000223. The molecule has 140 valence electrons. The number of rotatable bonds is 4. The number of carbonyl (C=O) groups excluding carboxylic acids is 1. The summed E-state index contributed by atoms with van der Waals surface area (Å²) in [4.78, 5) is 11.8. The third-order valence-electron chi connectivity index (χ3n) is 4.52. The van der Waals surface area contributed by atoms with Gasteiger partial charge >= 0.3 is 0 Å². The number of nitrogens with two attached hydrogens (primary N) is 1. The van der Waals surface area contributed by atoms with Crippen LogP contribution in [0.15, 0.2) is 60.7 Å². The fourth-order valence-electron chi connectivity index (χ4n) is 2.59. The number of fused-ring (bicyclic) bond motifs is 1. The van der Waals surface area contributed by atoms with Crippen molar-refractivity contribution in [1.82, 2.24) is 0 Å². The van der Waals surface area contributed by atoms with Crippen molar-refractivity contribution in [3.8, 4) is 5.75 Å². The van der Waals surface area contributed by atoms with Gasteiger partial charge in [0, 0.05) is 11.5 Å². The van der Waals surface area contributed by atoms with E-state index in [9.17, 15) is 4.79 Å². The molecule has 3 nitrogen and oxygen atoms in total. The summed E-state index contributed by atoms with van der Waals surface area (Å²) in [7, 11) is 1.66. The number of hydrogen-bond acceptors (Lipinski definition) is 3. The second-order valence-electron chi connectivity index (χ2n) is 6.54. The SMILES string of the molecule is COc1ccc2cc(C(C)C(C)=O)ccc2c1.Cc1ccc(C(N)=S)cc1. The highest BCUT2D eigenvalue weighted by Crippen LogP contribution is 2.25. The minimum atomic E-state index is -0.0403. The zero-order valence-electron chi connectivity index (χ0n) is 16.2. The first-order valence-corrected chi connectivity index (χ1v) is 9.17. The Morgan fingerprint density at radius 2 is 1.59 bits per heavy atom. The molecule has 27 heavy (non-hydrogen) atoms. The number of benzene rings is 3. The maximum absolute atomic E-state index is 11.4. The molecule has 3 aromatic carbocycles. The third-order valence-corrected chi connectivity index (χ3v) is 4.75. The minimum Gasteiger partial charge on any atom is -0.497 e. The van der Waals surface area contributed by atoms with E-state index in [0.29, 0.717) is 4.99 Å². The quantitative estimate of drug-likeness (QED) is 0.635. The minimum absolute atomic E-state index is 0.0403. The highest BCUT2D eigenvalue weighted by atomic mass is 32.1. The fourth-order valence-corrected chi connectivity index (χ4v) is 2.73. The van der Waals surface area contributed by atoms with Crippen molar-refractivity contribution in [1.29, 1.82) is 0 Å². The molecule has 0 heterocycles. The Kier molecular flexibility index (Phi) is 7.08. The van der Waals surface area contributed by atoms with Gasteiger partial charge in [0.1, 0.15) is 16.5 Å². The van der Waals surface area contributed by atoms with Gasteiger partial charge in [-0.25, -0.2) is 0 Å². The maximum Gasteiger partial charge on any atom is 0.136 e. The monoisotopic (exact) mass is 379 g/mol. The normalized spacial score (nSPS) is 11.3. The predicted octanol–water partition coefficient (Wildman–Crippen LogP) is 5.17. The lowest BCUT2D eigenvalue weighted by molar-refractivity contribution is -0.118. The Morgan fingerprint density at radius 1 is 1.00 bits per heavy atom. The van der Waals surface area contributed by atoms with Crippen LogP contribution in [0, 0.1) is 6.92 Å². The van der Waals surface area contributed by atoms with Gasteiger partial charge in [-0.3, -0.25) is 4.79 Å². The summed E-state index contributed by atoms with van der Waals surface area (Å²) in [5.74, 6) is 1.00. The molecule has 0 saturated carbocycles. The molecule has 0 fully saturated rings. The molecule has 1 unspecified atom stereocenters. The fraction of sp³-hybridized carbons (Fsp3) is 0.217. The molecule has 0 spiro atoms. The zero-order chi connectivity index (χ0) is 20.0. The molecule has 1 atom stereocenters. The first-order valence-electron chi connectivity index (χ1n) is 8.76. The van der Waals surface area contributed by atoms with Crippen LogP contribution in [0.1, 0.15) is 36.5 Å². The molecule has 3 aromatic rings. The molecule has 2 N–H and O–H groups in total. The van der Waals surface area contributed by atoms with Crippen LogP contribution in [0.4, 0.5) is 0 Å². The van der Waals surface area contributed by atoms with Gasteiger partial charge < -0.3 is 10.5 Å². The lowest BCUT2D eigenvalue weighted by Crippen LogP contribution is -2.08. The van der Waals surface area contributed by atoms with Gasteiger partial charge in [-0.05, 0) is 42.3 Å². The molecular weight excluding hydrogens is 354 g/mol. The molecule has 0 aliphatic carbocycles. The van der Waals surface area contributed by atoms with E-state index in [2.05, 4.69) is 6.07 Å². The van der Waals surface area contributed by atoms with Gasteiger partial charge in [-0.2, -0.15) is 0 Å². The Hall–Kier alpha value is -2.72. The summed E-state index contributed by atoms with van der Waals surface area (Å²) in [6.07, 6.45) is 0. The smallest absolute Gasteiger partial charge is 0.136 e. The lowest BCUT2D eigenvalue weighted by atomic mass is 9.95. The average molecular weight is 380 g/mol. The first kappa shape index (κ1) is 20.6. The maximum atomic E-state index is 11.4. The van der Waals surface area contributed by atoms with Crippen LogP contribution < -0.4 is 10.5 Å². The highest BCUT2D eigenvalue weighted by Gasteiger charge is 2.10. The summed E-state index contributed by atoms with van der Waals surface area (Å²) in [6, 6.07) is 19.9. The van der Waals surface area contributed by atoms with Crippen molar-refractivity contribution in [2.45, 2.75) is 26.7 Å². The van der Waals surface area contributed by atoms with Crippen molar-refractivity contribution in [2.24, 2.45) is 5.73 Å². The van der Waals surface area contributed by atoms with Gasteiger partial charge in [0.05, 0.1) is 7.11 Å². The summed E-state index contributed by atoms with van der Waals surface area (Å²) in [5, 5.41) is 2.26. The molecule has 3 rings (SSSR count). The lowest BCUT2D eigenvalue weighted by Gasteiger charge is -2.09. The Labute approximate surface area is 166 Å².